The average molecular weight is 436 g/mol. The number of benzene rings is 2. The predicted molar refractivity (Wildman–Crippen MR) is 121 cm³/mol. The quantitative estimate of drug-likeness (QED) is 0.691. The summed E-state index contributed by atoms with van der Waals surface area (Å²) in [5, 5.41) is 4.61. The molecule has 1 heterocycles. The van der Waals surface area contributed by atoms with Crippen molar-refractivity contribution in [1.29, 1.82) is 0 Å². The fraction of sp³-hybridized carbons (Fsp3) is 0.381. The first-order valence-electron chi connectivity index (χ1n) is 9.37. The fourth-order valence-corrected chi connectivity index (χ4v) is 3.83. The van der Waals surface area contributed by atoms with Gasteiger partial charge < -0.3 is 24.4 Å². The van der Waals surface area contributed by atoms with Gasteiger partial charge in [-0.3, -0.25) is 4.90 Å². The van der Waals surface area contributed by atoms with Crippen molar-refractivity contribution in [2.24, 2.45) is 0 Å². The SMILES string of the molecule is COc1cc(CN2CCN(C(=S)Nc3ccccc3Cl)CC2)cc(OC)c1OC. The molecule has 1 aliphatic rings. The van der Waals surface area contributed by atoms with Crippen molar-refractivity contribution in [3.63, 3.8) is 0 Å². The van der Waals surface area contributed by atoms with Crippen LogP contribution >= 0.6 is 23.8 Å². The van der Waals surface area contributed by atoms with E-state index >= 15 is 0 Å². The van der Waals surface area contributed by atoms with Gasteiger partial charge in [-0.1, -0.05) is 23.7 Å². The van der Waals surface area contributed by atoms with Crippen LogP contribution in [0.25, 0.3) is 0 Å². The summed E-state index contributed by atoms with van der Waals surface area (Å²) in [7, 11) is 4.87. The summed E-state index contributed by atoms with van der Waals surface area (Å²) in [6, 6.07) is 11.6. The molecule has 0 unspecified atom stereocenters. The van der Waals surface area contributed by atoms with E-state index in [2.05, 4.69) is 15.1 Å². The molecule has 0 amide bonds. The number of nitrogens with one attached hydrogen (secondary N) is 1. The number of thiocarbonyl (C=S) groups is 1. The number of methoxy groups -OCH3 is 3. The Balaban J connectivity index is 1.58. The second-order valence-electron chi connectivity index (χ2n) is 6.71. The summed E-state index contributed by atoms with van der Waals surface area (Å²) < 4.78 is 16.3. The van der Waals surface area contributed by atoms with E-state index in [1.807, 2.05) is 36.4 Å². The van der Waals surface area contributed by atoms with Crippen molar-refractivity contribution in [3.8, 4) is 17.2 Å². The highest BCUT2D eigenvalue weighted by molar-refractivity contribution is 7.80. The zero-order valence-electron chi connectivity index (χ0n) is 16.9. The van der Waals surface area contributed by atoms with Gasteiger partial charge >= 0.3 is 0 Å². The normalized spacial score (nSPS) is 14.4. The maximum atomic E-state index is 6.21. The van der Waals surface area contributed by atoms with Crippen LogP contribution in [0.3, 0.4) is 0 Å². The molecule has 1 N–H and O–H groups in total. The van der Waals surface area contributed by atoms with E-state index in [1.165, 1.54) is 0 Å². The van der Waals surface area contributed by atoms with Gasteiger partial charge in [0.1, 0.15) is 0 Å². The van der Waals surface area contributed by atoms with Crippen molar-refractivity contribution in [2.75, 3.05) is 52.8 Å². The number of rotatable bonds is 6. The highest BCUT2D eigenvalue weighted by Crippen LogP contribution is 2.38. The molecule has 1 aliphatic heterocycles. The maximum Gasteiger partial charge on any atom is 0.203 e. The molecule has 0 aliphatic carbocycles. The van der Waals surface area contributed by atoms with Crippen LogP contribution in [0.15, 0.2) is 36.4 Å². The van der Waals surface area contributed by atoms with Crippen LogP contribution in [0.4, 0.5) is 5.69 Å². The summed E-state index contributed by atoms with van der Waals surface area (Å²) in [4.78, 5) is 4.56. The standard InChI is InChI=1S/C21H26ClN3O3S/c1-26-18-12-15(13-19(27-2)20(18)28-3)14-24-8-10-25(11-9-24)21(29)23-17-7-5-4-6-16(17)22/h4-7,12-13H,8-11,14H2,1-3H3,(H,23,29). The number of hydrogen-bond acceptors (Lipinski definition) is 5. The molecule has 0 atom stereocenters. The minimum Gasteiger partial charge on any atom is -0.493 e. The highest BCUT2D eigenvalue weighted by atomic mass is 35.5. The zero-order chi connectivity index (χ0) is 20.8. The van der Waals surface area contributed by atoms with Crippen LogP contribution in [0, 0.1) is 0 Å². The Labute approximate surface area is 182 Å². The van der Waals surface area contributed by atoms with Crippen LogP contribution < -0.4 is 19.5 Å². The number of piperazine rings is 1. The van der Waals surface area contributed by atoms with Crippen LogP contribution in [0.5, 0.6) is 17.2 Å². The zero-order valence-corrected chi connectivity index (χ0v) is 18.5. The molecule has 3 rings (SSSR count). The van der Waals surface area contributed by atoms with E-state index in [9.17, 15) is 0 Å². The van der Waals surface area contributed by atoms with E-state index < -0.39 is 0 Å². The fourth-order valence-electron chi connectivity index (χ4n) is 3.35. The van der Waals surface area contributed by atoms with Crippen molar-refractivity contribution < 1.29 is 14.2 Å². The Morgan fingerprint density at radius 2 is 1.62 bits per heavy atom. The summed E-state index contributed by atoms with van der Waals surface area (Å²) in [6.45, 7) is 4.30. The number of ether oxygens (including phenoxy) is 3. The minimum absolute atomic E-state index is 0.611. The van der Waals surface area contributed by atoms with Crippen molar-refractivity contribution in [3.05, 3.63) is 47.0 Å². The van der Waals surface area contributed by atoms with Gasteiger partial charge in [0.15, 0.2) is 16.6 Å². The van der Waals surface area contributed by atoms with E-state index in [-0.39, 0.29) is 0 Å². The topological polar surface area (TPSA) is 46.2 Å². The molecule has 0 radical (unpaired) electrons. The number of nitrogens with zero attached hydrogens (tertiary/aromatic N) is 2. The molecule has 156 valence electrons. The number of para-hydroxylation sites is 1. The van der Waals surface area contributed by atoms with Gasteiger partial charge in [0.25, 0.3) is 0 Å². The van der Waals surface area contributed by atoms with Gasteiger partial charge in [-0.2, -0.15) is 0 Å². The first kappa shape index (κ1) is 21.5. The monoisotopic (exact) mass is 435 g/mol. The van der Waals surface area contributed by atoms with Crippen molar-refractivity contribution in [2.45, 2.75) is 6.54 Å². The molecule has 6 nitrogen and oxygen atoms in total. The number of hydrogen-bond donors (Lipinski definition) is 1. The molecule has 8 heteroatoms. The van der Waals surface area contributed by atoms with Gasteiger partial charge in [-0.15, -0.1) is 0 Å². The average Bonchev–Trinajstić information content (AvgIpc) is 2.75. The third-order valence-corrected chi connectivity index (χ3v) is 5.60. The van der Waals surface area contributed by atoms with Gasteiger partial charge in [-0.25, -0.2) is 0 Å². The van der Waals surface area contributed by atoms with E-state index in [4.69, 9.17) is 38.0 Å². The third kappa shape index (κ3) is 5.23. The second-order valence-corrected chi connectivity index (χ2v) is 7.50. The summed E-state index contributed by atoms with van der Waals surface area (Å²) in [5.74, 6) is 1.95. The van der Waals surface area contributed by atoms with Crippen LogP contribution in [-0.2, 0) is 6.54 Å². The van der Waals surface area contributed by atoms with E-state index in [0.29, 0.717) is 27.4 Å². The summed E-state index contributed by atoms with van der Waals surface area (Å²) in [6.07, 6.45) is 0. The largest absolute Gasteiger partial charge is 0.493 e. The second kappa shape index (κ2) is 10.0. The molecule has 1 fully saturated rings. The van der Waals surface area contributed by atoms with Crippen molar-refractivity contribution in [1.82, 2.24) is 9.80 Å². The summed E-state index contributed by atoms with van der Waals surface area (Å²) in [5.41, 5.74) is 1.95. The van der Waals surface area contributed by atoms with Gasteiger partial charge in [0.05, 0.1) is 32.0 Å². The molecular weight excluding hydrogens is 410 g/mol. The predicted octanol–water partition coefficient (Wildman–Crippen LogP) is 3.88. The Bertz CT molecular complexity index is 832. The molecule has 0 saturated carbocycles. The lowest BCUT2D eigenvalue weighted by atomic mass is 10.1. The highest BCUT2D eigenvalue weighted by Gasteiger charge is 2.21. The van der Waals surface area contributed by atoms with Crippen LogP contribution in [0.1, 0.15) is 5.56 Å². The smallest absolute Gasteiger partial charge is 0.203 e. The molecule has 29 heavy (non-hydrogen) atoms. The van der Waals surface area contributed by atoms with E-state index in [0.717, 1.165) is 44.0 Å². The molecule has 0 spiro atoms. The lowest BCUT2D eigenvalue weighted by molar-refractivity contribution is 0.176. The Hall–Kier alpha value is -2.22. The maximum absolute atomic E-state index is 6.21. The minimum atomic E-state index is 0.611. The molecular formula is C21H26ClN3O3S. The van der Waals surface area contributed by atoms with Crippen LogP contribution in [-0.4, -0.2) is 62.4 Å². The Morgan fingerprint density at radius 1 is 1.00 bits per heavy atom. The number of halogens is 1. The van der Waals surface area contributed by atoms with Gasteiger partial charge in [-0.05, 0) is 42.0 Å². The molecule has 2 aromatic carbocycles. The Kier molecular flexibility index (Phi) is 7.41. The summed E-state index contributed by atoms with van der Waals surface area (Å²) >= 11 is 11.8. The van der Waals surface area contributed by atoms with Crippen LogP contribution in [0.2, 0.25) is 5.02 Å². The third-order valence-electron chi connectivity index (χ3n) is 4.91. The lowest BCUT2D eigenvalue weighted by Gasteiger charge is -2.36. The molecule has 0 bridgehead atoms. The first-order valence-corrected chi connectivity index (χ1v) is 10.2. The lowest BCUT2D eigenvalue weighted by Crippen LogP contribution is -2.49. The molecule has 2 aromatic rings. The first-order chi connectivity index (χ1) is 14.0. The Morgan fingerprint density at radius 3 is 2.17 bits per heavy atom. The van der Waals surface area contributed by atoms with Crippen molar-refractivity contribution >= 4 is 34.6 Å². The van der Waals surface area contributed by atoms with E-state index in [1.54, 1.807) is 21.3 Å². The molecule has 0 aromatic heterocycles. The van der Waals surface area contributed by atoms with Gasteiger partial charge in [0.2, 0.25) is 5.75 Å². The molecule has 1 saturated heterocycles. The van der Waals surface area contributed by atoms with Gasteiger partial charge in [0, 0.05) is 32.7 Å². The number of anilines is 1.